The van der Waals surface area contributed by atoms with Crippen LogP contribution >= 0.6 is 0 Å². The molecule has 116 valence electrons. The Morgan fingerprint density at radius 1 is 1.04 bits per heavy atom. The van der Waals surface area contributed by atoms with Gasteiger partial charge in [0, 0.05) is 22.6 Å². The first-order valence-corrected chi connectivity index (χ1v) is 7.99. The van der Waals surface area contributed by atoms with Crippen molar-refractivity contribution in [2.24, 2.45) is 0 Å². The zero-order chi connectivity index (χ0) is 16.4. The molecule has 0 saturated carbocycles. The number of aromatic nitrogens is 1. The van der Waals surface area contributed by atoms with Gasteiger partial charge in [0.25, 0.3) is 0 Å². The molecule has 0 aliphatic rings. The topological polar surface area (TPSA) is 30.0 Å². The Balaban J connectivity index is 2.09. The normalized spacial score (nSPS) is 11.6. The summed E-state index contributed by atoms with van der Waals surface area (Å²) >= 11 is 0. The minimum absolute atomic E-state index is 0.484. The summed E-state index contributed by atoms with van der Waals surface area (Å²) in [7, 11) is 0. The molecule has 0 bridgehead atoms. The molecule has 2 heteroatoms. The van der Waals surface area contributed by atoms with Gasteiger partial charge in [0.2, 0.25) is 0 Å². The highest BCUT2D eigenvalue weighted by Gasteiger charge is 2.19. The average Bonchev–Trinajstić information content (AvgIpc) is 2.60. The van der Waals surface area contributed by atoms with Crippen LogP contribution in [0.3, 0.4) is 0 Å². The van der Waals surface area contributed by atoms with Gasteiger partial charge in [-0.1, -0.05) is 43.3 Å². The number of aldehydes is 1. The van der Waals surface area contributed by atoms with Gasteiger partial charge in [0.05, 0.1) is 5.69 Å². The number of fused-ring (bicyclic) bond motifs is 1. The summed E-state index contributed by atoms with van der Waals surface area (Å²) in [6, 6.07) is 16.7. The lowest BCUT2D eigenvalue weighted by atomic mass is 9.85. The second-order valence-corrected chi connectivity index (χ2v) is 6.52. The fraction of sp³-hybridized carbons (Fsp3) is 0.238. The molecule has 23 heavy (non-hydrogen) atoms. The lowest BCUT2D eigenvalue weighted by Gasteiger charge is -2.18. The molecule has 0 N–H and O–H groups in total. The Morgan fingerprint density at radius 2 is 1.87 bits per heavy atom. The van der Waals surface area contributed by atoms with Crippen LogP contribution in [0.25, 0.3) is 22.0 Å². The predicted octanol–water partition coefficient (Wildman–Crippen LogP) is 4.94. The van der Waals surface area contributed by atoms with Gasteiger partial charge in [0.1, 0.15) is 6.29 Å². The molecule has 0 fully saturated rings. The van der Waals surface area contributed by atoms with E-state index in [2.05, 4.69) is 42.2 Å². The van der Waals surface area contributed by atoms with Gasteiger partial charge < -0.3 is 4.79 Å². The van der Waals surface area contributed by atoms with Crippen LogP contribution in [0.5, 0.6) is 0 Å². The minimum atomic E-state index is -0.484. The Labute approximate surface area is 137 Å². The highest BCUT2D eigenvalue weighted by atomic mass is 16.1. The van der Waals surface area contributed by atoms with Crippen molar-refractivity contribution in [2.75, 3.05) is 0 Å². The molecule has 2 aromatic carbocycles. The van der Waals surface area contributed by atoms with E-state index in [-0.39, 0.29) is 0 Å². The van der Waals surface area contributed by atoms with E-state index < -0.39 is 5.41 Å². The number of hydrogen-bond acceptors (Lipinski definition) is 2. The highest BCUT2D eigenvalue weighted by molar-refractivity contribution is 5.86. The molecule has 0 unspecified atom stereocenters. The number of benzene rings is 2. The molecule has 0 saturated heterocycles. The molecule has 1 heterocycles. The minimum Gasteiger partial charge on any atom is -0.302 e. The fourth-order valence-corrected chi connectivity index (χ4v) is 2.72. The van der Waals surface area contributed by atoms with Crippen molar-refractivity contribution >= 4 is 17.1 Å². The molecular formula is C21H21NO. The predicted molar refractivity (Wildman–Crippen MR) is 95.6 cm³/mol. The molecule has 0 radical (unpaired) electrons. The van der Waals surface area contributed by atoms with E-state index >= 15 is 0 Å². The van der Waals surface area contributed by atoms with Crippen LogP contribution in [0.2, 0.25) is 0 Å². The zero-order valence-corrected chi connectivity index (χ0v) is 13.8. The standard InChI is InChI=1S/C21H21NO/c1-4-15-8-9-17-13-22-20(12-18(17)10-15)16-6-5-7-19(11-16)21(2,3)14-23/h5-14H,4H2,1-3H3. The molecule has 0 amide bonds. The molecule has 3 aromatic rings. The number of hydrogen-bond donors (Lipinski definition) is 0. The lowest BCUT2D eigenvalue weighted by Crippen LogP contribution is -2.18. The Hall–Kier alpha value is -2.48. The van der Waals surface area contributed by atoms with Gasteiger partial charge in [-0.2, -0.15) is 0 Å². The second kappa shape index (κ2) is 5.96. The second-order valence-electron chi connectivity index (χ2n) is 6.52. The third-order valence-electron chi connectivity index (χ3n) is 4.39. The SMILES string of the molecule is CCc1ccc2cnc(-c3cccc(C(C)(C)C=O)c3)cc2c1. The van der Waals surface area contributed by atoms with Crippen LogP contribution in [0.15, 0.2) is 54.7 Å². The Morgan fingerprint density at radius 3 is 2.61 bits per heavy atom. The number of rotatable bonds is 4. The fourth-order valence-electron chi connectivity index (χ4n) is 2.72. The Bertz CT molecular complexity index is 865. The van der Waals surface area contributed by atoms with Crippen LogP contribution in [0, 0.1) is 0 Å². The summed E-state index contributed by atoms with van der Waals surface area (Å²) in [5.41, 5.74) is 3.83. The van der Waals surface area contributed by atoms with Gasteiger partial charge in [-0.15, -0.1) is 0 Å². The van der Waals surface area contributed by atoms with Crippen molar-refractivity contribution in [1.82, 2.24) is 4.98 Å². The van der Waals surface area contributed by atoms with Gasteiger partial charge in [0.15, 0.2) is 0 Å². The molecule has 0 aliphatic heterocycles. The van der Waals surface area contributed by atoms with Crippen molar-refractivity contribution in [3.05, 3.63) is 65.9 Å². The largest absolute Gasteiger partial charge is 0.302 e. The number of nitrogens with zero attached hydrogens (tertiary/aromatic N) is 1. The van der Waals surface area contributed by atoms with Gasteiger partial charge in [-0.25, -0.2) is 0 Å². The number of aryl methyl sites for hydroxylation is 1. The molecular weight excluding hydrogens is 282 g/mol. The summed E-state index contributed by atoms with van der Waals surface area (Å²) in [5, 5.41) is 2.35. The smallest absolute Gasteiger partial charge is 0.129 e. The van der Waals surface area contributed by atoms with E-state index in [0.29, 0.717) is 0 Å². The maximum absolute atomic E-state index is 11.3. The van der Waals surface area contributed by atoms with Crippen molar-refractivity contribution in [2.45, 2.75) is 32.6 Å². The molecule has 3 rings (SSSR count). The summed E-state index contributed by atoms with van der Waals surface area (Å²) in [6.07, 6.45) is 3.94. The first-order chi connectivity index (χ1) is 11.0. The first kappa shape index (κ1) is 15.4. The quantitative estimate of drug-likeness (QED) is 0.639. The van der Waals surface area contributed by atoms with E-state index in [1.54, 1.807) is 0 Å². The summed E-state index contributed by atoms with van der Waals surface area (Å²) < 4.78 is 0. The van der Waals surface area contributed by atoms with E-state index in [0.717, 1.165) is 34.9 Å². The summed E-state index contributed by atoms with van der Waals surface area (Å²) in [4.78, 5) is 15.9. The average molecular weight is 303 g/mol. The van der Waals surface area contributed by atoms with Crippen molar-refractivity contribution in [3.8, 4) is 11.3 Å². The third-order valence-corrected chi connectivity index (χ3v) is 4.39. The van der Waals surface area contributed by atoms with E-state index in [4.69, 9.17) is 0 Å². The van der Waals surface area contributed by atoms with Crippen LogP contribution in [0.1, 0.15) is 31.9 Å². The molecule has 2 nitrogen and oxygen atoms in total. The van der Waals surface area contributed by atoms with E-state index in [9.17, 15) is 4.79 Å². The van der Waals surface area contributed by atoms with Crippen LogP contribution < -0.4 is 0 Å². The lowest BCUT2D eigenvalue weighted by molar-refractivity contribution is -0.111. The van der Waals surface area contributed by atoms with Crippen LogP contribution in [-0.2, 0) is 16.6 Å². The molecule has 0 aliphatic carbocycles. The van der Waals surface area contributed by atoms with Crippen molar-refractivity contribution in [3.63, 3.8) is 0 Å². The number of carbonyl (C=O) groups excluding carboxylic acids is 1. The van der Waals surface area contributed by atoms with Gasteiger partial charge in [-0.05, 0) is 48.9 Å². The van der Waals surface area contributed by atoms with Gasteiger partial charge in [-0.3, -0.25) is 4.98 Å². The summed E-state index contributed by atoms with van der Waals surface area (Å²) in [5.74, 6) is 0. The molecule has 0 atom stereocenters. The molecule has 1 aromatic heterocycles. The van der Waals surface area contributed by atoms with Crippen LogP contribution in [0.4, 0.5) is 0 Å². The number of pyridine rings is 1. The molecule has 0 spiro atoms. The third kappa shape index (κ3) is 3.02. The van der Waals surface area contributed by atoms with E-state index in [1.165, 1.54) is 10.9 Å². The van der Waals surface area contributed by atoms with E-state index in [1.807, 2.05) is 38.2 Å². The maximum atomic E-state index is 11.3. The van der Waals surface area contributed by atoms with Gasteiger partial charge >= 0.3 is 0 Å². The summed E-state index contributed by atoms with van der Waals surface area (Å²) in [6.45, 7) is 6.02. The zero-order valence-electron chi connectivity index (χ0n) is 13.8. The highest BCUT2D eigenvalue weighted by Crippen LogP contribution is 2.27. The van der Waals surface area contributed by atoms with Crippen molar-refractivity contribution < 1.29 is 4.79 Å². The van der Waals surface area contributed by atoms with Crippen LogP contribution in [-0.4, -0.2) is 11.3 Å². The Kier molecular flexibility index (Phi) is 3.99. The number of carbonyl (C=O) groups is 1. The monoisotopic (exact) mass is 303 g/mol. The first-order valence-electron chi connectivity index (χ1n) is 7.99. The maximum Gasteiger partial charge on any atom is 0.129 e. The van der Waals surface area contributed by atoms with Crippen molar-refractivity contribution in [1.29, 1.82) is 0 Å².